The van der Waals surface area contributed by atoms with Crippen LogP contribution in [-0.2, 0) is 9.53 Å². The number of likely N-dealkylation sites (N-methyl/N-ethyl adjacent to an activating group) is 1. The minimum absolute atomic E-state index is 0.00897. The summed E-state index contributed by atoms with van der Waals surface area (Å²) in [5, 5.41) is 11.7. The van der Waals surface area contributed by atoms with Gasteiger partial charge in [0, 0.05) is 18.6 Å². The van der Waals surface area contributed by atoms with E-state index in [1.807, 2.05) is 0 Å². The van der Waals surface area contributed by atoms with Crippen molar-refractivity contribution in [3.8, 4) is 0 Å². The summed E-state index contributed by atoms with van der Waals surface area (Å²) in [4.78, 5) is 13.2. The molecule has 5 nitrogen and oxygen atoms in total. The first kappa shape index (κ1) is 13.4. The monoisotopic (exact) mass is 230 g/mol. The Balaban J connectivity index is 2.43. The van der Waals surface area contributed by atoms with E-state index in [0.717, 1.165) is 19.7 Å². The molecule has 0 aromatic heterocycles. The highest BCUT2D eigenvalue weighted by Gasteiger charge is 2.30. The van der Waals surface area contributed by atoms with Crippen LogP contribution >= 0.6 is 0 Å². The molecule has 0 spiro atoms. The minimum atomic E-state index is -0.784. The Morgan fingerprint density at radius 1 is 1.62 bits per heavy atom. The third kappa shape index (κ3) is 3.43. The Labute approximate surface area is 96.8 Å². The fourth-order valence-corrected chi connectivity index (χ4v) is 1.98. The van der Waals surface area contributed by atoms with E-state index in [1.165, 1.54) is 0 Å². The molecule has 1 heterocycles. The summed E-state index contributed by atoms with van der Waals surface area (Å²) in [7, 11) is 1.68. The second kappa shape index (κ2) is 5.61. The van der Waals surface area contributed by atoms with Crippen molar-refractivity contribution in [3.05, 3.63) is 0 Å². The van der Waals surface area contributed by atoms with Gasteiger partial charge in [-0.05, 0) is 27.3 Å². The zero-order valence-electron chi connectivity index (χ0n) is 10.3. The van der Waals surface area contributed by atoms with Crippen LogP contribution in [0.3, 0.4) is 0 Å². The molecule has 1 rings (SSSR count). The Bertz CT molecular complexity index is 243. The third-order valence-corrected chi connectivity index (χ3v) is 3.15. The molecule has 0 bridgehead atoms. The highest BCUT2D eigenvalue weighted by Crippen LogP contribution is 2.19. The van der Waals surface area contributed by atoms with Gasteiger partial charge in [0.2, 0.25) is 0 Å². The van der Waals surface area contributed by atoms with Crippen LogP contribution in [0.5, 0.6) is 0 Å². The average molecular weight is 230 g/mol. The van der Waals surface area contributed by atoms with Crippen LogP contribution in [0.15, 0.2) is 0 Å². The average Bonchev–Trinajstić information content (AvgIpc) is 2.20. The number of hydrogen-bond donors (Lipinski definition) is 2. The van der Waals surface area contributed by atoms with Crippen molar-refractivity contribution in [1.29, 1.82) is 0 Å². The van der Waals surface area contributed by atoms with Crippen LogP contribution in [0.25, 0.3) is 0 Å². The molecule has 2 N–H and O–H groups in total. The first-order chi connectivity index (χ1) is 7.47. The standard InChI is InChI=1S/C11H22N2O3/c1-11(2)8-16-7-6-13(11)5-4-9(12-3)10(14)15/h9,12H,4-8H2,1-3H3,(H,14,15). The maximum Gasteiger partial charge on any atom is 0.320 e. The van der Waals surface area contributed by atoms with Crippen molar-refractivity contribution >= 4 is 5.97 Å². The predicted octanol–water partition coefficient (Wildman–Crippen LogP) is 0.160. The van der Waals surface area contributed by atoms with Crippen LogP contribution in [0.2, 0.25) is 0 Å². The molecule has 1 atom stereocenters. The van der Waals surface area contributed by atoms with Crippen molar-refractivity contribution in [2.24, 2.45) is 0 Å². The number of carbonyl (C=O) groups is 1. The van der Waals surface area contributed by atoms with E-state index in [9.17, 15) is 4.79 Å². The van der Waals surface area contributed by atoms with Gasteiger partial charge in [-0.25, -0.2) is 0 Å². The van der Waals surface area contributed by atoms with Crippen molar-refractivity contribution in [1.82, 2.24) is 10.2 Å². The maximum atomic E-state index is 10.9. The topological polar surface area (TPSA) is 61.8 Å². The molecule has 1 aliphatic heterocycles. The predicted molar refractivity (Wildman–Crippen MR) is 61.6 cm³/mol. The molecule has 1 fully saturated rings. The minimum Gasteiger partial charge on any atom is -0.480 e. The molecule has 16 heavy (non-hydrogen) atoms. The molecule has 0 saturated carbocycles. The molecule has 5 heteroatoms. The lowest BCUT2D eigenvalue weighted by Crippen LogP contribution is -2.54. The summed E-state index contributed by atoms with van der Waals surface area (Å²) in [6.07, 6.45) is 0.620. The van der Waals surface area contributed by atoms with Crippen LogP contribution in [-0.4, -0.2) is 60.9 Å². The van der Waals surface area contributed by atoms with Gasteiger partial charge in [-0.3, -0.25) is 9.69 Å². The zero-order chi connectivity index (χ0) is 12.2. The highest BCUT2D eigenvalue weighted by atomic mass is 16.5. The normalized spacial score (nSPS) is 22.9. The lowest BCUT2D eigenvalue weighted by molar-refractivity contribution is -0.139. The second-order valence-electron chi connectivity index (χ2n) is 4.82. The van der Waals surface area contributed by atoms with Gasteiger partial charge in [0.05, 0.1) is 13.2 Å². The van der Waals surface area contributed by atoms with Crippen LogP contribution in [0.1, 0.15) is 20.3 Å². The smallest absolute Gasteiger partial charge is 0.320 e. The summed E-state index contributed by atoms with van der Waals surface area (Å²) >= 11 is 0. The number of aliphatic carboxylic acids is 1. The van der Waals surface area contributed by atoms with Gasteiger partial charge in [0.25, 0.3) is 0 Å². The van der Waals surface area contributed by atoms with Gasteiger partial charge in [-0.2, -0.15) is 0 Å². The van der Waals surface area contributed by atoms with Gasteiger partial charge < -0.3 is 15.2 Å². The van der Waals surface area contributed by atoms with Gasteiger partial charge >= 0.3 is 5.97 Å². The molecule has 0 radical (unpaired) electrons. The molecule has 0 amide bonds. The Hall–Kier alpha value is -0.650. The number of ether oxygens (including phenoxy) is 1. The number of nitrogens with zero attached hydrogens (tertiary/aromatic N) is 1. The van der Waals surface area contributed by atoms with Crippen molar-refractivity contribution in [2.45, 2.75) is 31.8 Å². The molecular weight excluding hydrogens is 208 g/mol. The number of rotatable bonds is 5. The summed E-state index contributed by atoms with van der Waals surface area (Å²) in [6.45, 7) is 7.37. The second-order valence-corrected chi connectivity index (χ2v) is 4.82. The Kier molecular flexibility index (Phi) is 4.70. The molecule has 1 unspecified atom stereocenters. The van der Waals surface area contributed by atoms with E-state index in [4.69, 9.17) is 9.84 Å². The SMILES string of the molecule is CNC(CCN1CCOCC1(C)C)C(=O)O. The number of nitrogens with one attached hydrogen (secondary N) is 1. The van der Waals surface area contributed by atoms with Crippen molar-refractivity contribution in [2.75, 3.05) is 33.4 Å². The van der Waals surface area contributed by atoms with E-state index >= 15 is 0 Å². The van der Waals surface area contributed by atoms with Crippen molar-refractivity contribution < 1.29 is 14.6 Å². The third-order valence-electron chi connectivity index (χ3n) is 3.15. The molecule has 1 saturated heterocycles. The fraction of sp³-hybridized carbons (Fsp3) is 0.909. The molecule has 94 valence electrons. The molecule has 0 aliphatic carbocycles. The maximum absolute atomic E-state index is 10.9. The molecular formula is C11H22N2O3. The van der Waals surface area contributed by atoms with Crippen LogP contribution in [0, 0.1) is 0 Å². The van der Waals surface area contributed by atoms with E-state index in [1.54, 1.807) is 7.05 Å². The molecule has 0 aromatic carbocycles. The van der Waals surface area contributed by atoms with Crippen LogP contribution < -0.4 is 5.32 Å². The first-order valence-electron chi connectivity index (χ1n) is 5.70. The lowest BCUT2D eigenvalue weighted by atomic mass is 10.0. The lowest BCUT2D eigenvalue weighted by Gasteiger charge is -2.42. The summed E-state index contributed by atoms with van der Waals surface area (Å²) in [5.74, 6) is -0.784. The van der Waals surface area contributed by atoms with E-state index < -0.39 is 12.0 Å². The Morgan fingerprint density at radius 3 is 2.81 bits per heavy atom. The largest absolute Gasteiger partial charge is 0.480 e. The van der Waals surface area contributed by atoms with Gasteiger partial charge in [-0.15, -0.1) is 0 Å². The Morgan fingerprint density at radius 2 is 2.31 bits per heavy atom. The number of hydrogen-bond acceptors (Lipinski definition) is 4. The number of morpholine rings is 1. The van der Waals surface area contributed by atoms with E-state index in [-0.39, 0.29) is 5.54 Å². The first-order valence-corrected chi connectivity index (χ1v) is 5.70. The number of carboxylic acid groups (broad SMARTS) is 1. The van der Waals surface area contributed by atoms with E-state index in [0.29, 0.717) is 13.0 Å². The summed E-state index contributed by atoms with van der Waals surface area (Å²) < 4.78 is 5.42. The highest BCUT2D eigenvalue weighted by molar-refractivity contribution is 5.73. The quantitative estimate of drug-likeness (QED) is 0.704. The van der Waals surface area contributed by atoms with Crippen LogP contribution in [0.4, 0.5) is 0 Å². The number of carboxylic acids is 1. The molecule has 1 aliphatic rings. The fourth-order valence-electron chi connectivity index (χ4n) is 1.98. The van der Waals surface area contributed by atoms with Crippen molar-refractivity contribution in [3.63, 3.8) is 0 Å². The zero-order valence-corrected chi connectivity index (χ0v) is 10.3. The summed E-state index contributed by atoms with van der Waals surface area (Å²) in [5.41, 5.74) is 0.00897. The van der Waals surface area contributed by atoms with Gasteiger partial charge in [0.1, 0.15) is 6.04 Å². The summed E-state index contributed by atoms with van der Waals surface area (Å²) in [6, 6.07) is -0.460. The van der Waals surface area contributed by atoms with E-state index in [2.05, 4.69) is 24.1 Å². The van der Waals surface area contributed by atoms with Gasteiger partial charge in [-0.1, -0.05) is 0 Å². The van der Waals surface area contributed by atoms with Gasteiger partial charge in [0.15, 0.2) is 0 Å². The molecule has 0 aromatic rings.